The molecule has 1 saturated heterocycles. The van der Waals surface area contributed by atoms with Crippen LogP contribution >= 0.6 is 35.6 Å². The Bertz CT molecular complexity index is 1050. The van der Waals surface area contributed by atoms with Crippen molar-refractivity contribution in [2.75, 3.05) is 6.54 Å². The van der Waals surface area contributed by atoms with Gasteiger partial charge in [0.1, 0.15) is 10.9 Å². The average Bonchev–Trinajstić information content (AvgIpc) is 3.00. The minimum atomic E-state index is -0.590. The molecule has 9 heteroatoms. The molecule has 3 rings (SSSR count). The third-order valence-corrected chi connectivity index (χ3v) is 5.67. The Balaban J connectivity index is 1.55. The summed E-state index contributed by atoms with van der Waals surface area (Å²) >= 11 is 12.3. The van der Waals surface area contributed by atoms with Gasteiger partial charge in [-0.25, -0.2) is 0 Å². The molecule has 3 amide bonds. The number of thioether (sulfide) groups is 1. The number of hydrogen-bond acceptors (Lipinski definition) is 5. The molecule has 0 atom stereocenters. The van der Waals surface area contributed by atoms with E-state index in [1.54, 1.807) is 30.4 Å². The van der Waals surface area contributed by atoms with Gasteiger partial charge in [0, 0.05) is 0 Å². The van der Waals surface area contributed by atoms with Crippen LogP contribution in [0.4, 0.5) is 0 Å². The van der Waals surface area contributed by atoms with Gasteiger partial charge in [-0.3, -0.25) is 30.1 Å². The summed E-state index contributed by atoms with van der Waals surface area (Å²) in [5.41, 5.74) is 5.75. The number of halogens is 1. The fourth-order valence-corrected chi connectivity index (χ4v) is 3.91. The number of allylic oxidation sites excluding steroid dienone is 2. The highest BCUT2D eigenvalue weighted by atomic mass is 35.5. The van der Waals surface area contributed by atoms with Crippen molar-refractivity contribution in [3.05, 3.63) is 87.8 Å². The van der Waals surface area contributed by atoms with Crippen LogP contribution in [0.5, 0.6) is 0 Å². The molecule has 152 valence electrons. The van der Waals surface area contributed by atoms with Crippen molar-refractivity contribution < 1.29 is 14.4 Å². The quantitative estimate of drug-likeness (QED) is 0.408. The van der Waals surface area contributed by atoms with Crippen LogP contribution in [0.1, 0.15) is 15.9 Å². The molecule has 0 saturated carbocycles. The summed E-state index contributed by atoms with van der Waals surface area (Å²) in [6.07, 6.45) is 5.28. The number of carbonyl (C=O) groups is 3. The molecule has 0 unspecified atom stereocenters. The van der Waals surface area contributed by atoms with Crippen LogP contribution in [0.25, 0.3) is 6.08 Å². The van der Waals surface area contributed by atoms with E-state index in [9.17, 15) is 14.4 Å². The van der Waals surface area contributed by atoms with Crippen molar-refractivity contribution in [3.8, 4) is 0 Å². The van der Waals surface area contributed by atoms with E-state index >= 15 is 0 Å². The zero-order valence-corrected chi connectivity index (χ0v) is 17.9. The van der Waals surface area contributed by atoms with Gasteiger partial charge in [-0.2, -0.15) is 0 Å². The minimum absolute atomic E-state index is 0.221. The Kier molecular flexibility index (Phi) is 7.40. The zero-order valence-electron chi connectivity index (χ0n) is 15.5. The lowest BCUT2D eigenvalue weighted by Gasteiger charge is -2.14. The second-order valence-electron chi connectivity index (χ2n) is 6.04. The molecule has 2 aromatic carbocycles. The summed E-state index contributed by atoms with van der Waals surface area (Å²) in [6.45, 7) is -0.312. The fourth-order valence-electron chi connectivity index (χ4n) is 2.48. The first-order chi connectivity index (χ1) is 14.5. The fraction of sp³-hybridized carbons (Fsp3) is 0.0476. The molecule has 1 aliphatic rings. The summed E-state index contributed by atoms with van der Waals surface area (Å²) in [5, 5.41) is 0.259. The Morgan fingerprint density at radius 1 is 1.07 bits per heavy atom. The number of hydrazine groups is 1. The number of benzene rings is 2. The number of nitrogens with one attached hydrogen (secondary N) is 2. The highest BCUT2D eigenvalue weighted by Crippen LogP contribution is 2.30. The number of carbonyl (C=O) groups excluding carboxylic acids is 3. The molecule has 2 N–H and O–H groups in total. The summed E-state index contributed by atoms with van der Waals surface area (Å²) in [5.74, 6) is -1.52. The lowest BCUT2D eigenvalue weighted by Crippen LogP contribution is -2.47. The van der Waals surface area contributed by atoms with Gasteiger partial charge in [0.25, 0.3) is 17.7 Å². The second-order valence-corrected chi connectivity index (χ2v) is 8.13. The van der Waals surface area contributed by atoms with Crippen LogP contribution in [-0.4, -0.2) is 33.5 Å². The third-order valence-electron chi connectivity index (χ3n) is 3.95. The van der Waals surface area contributed by atoms with E-state index < -0.39 is 11.8 Å². The predicted octanol–water partition coefficient (Wildman–Crippen LogP) is 3.56. The molecule has 1 heterocycles. The van der Waals surface area contributed by atoms with E-state index in [0.29, 0.717) is 4.91 Å². The van der Waals surface area contributed by atoms with Crippen molar-refractivity contribution >= 4 is 63.7 Å². The molecule has 0 aromatic heterocycles. The van der Waals surface area contributed by atoms with Gasteiger partial charge in [-0.05, 0) is 23.8 Å². The van der Waals surface area contributed by atoms with Gasteiger partial charge in [0.05, 0.1) is 15.5 Å². The molecule has 2 aromatic rings. The van der Waals surface area contributed by atoms with E-state index in [-0.39, 0.29) is 27.4 Å². The summed E-state index contributed by atoms with van der Waals surface area (Å²) < 4.78 is 0.270. The van der Waals surface area contributed by atoms with E-state index in [2.05, 4.69) is 10.9 Å². The Hall–Kier alpha value is -2.94. The van der Waals surface area contributed by atoms with Gasteiger partial charge < -0.3 is 0 Å². The number of nitrogens with zero attached hydrogens (tertiary/aromatic N) is 1. The normalized spacial score (nSPS) is 15.1. The van der Waals surface area contributed by atoms with Crippen LogP contribution in [0.2, 0.25) is 5.02 Å². The maximum atomic E-state index is 12.5. The summed E-state index contributed by atoms with van der Waals surface area (Å²) in [7, 11) is 0. The summed E-state index contributed by atoms with van der Waals surface area (Å²) in [6, 6.07) is 16.1. The minimum Gasteiger partial charge on any atom is -0.283 e. The maximum absolute atomic E-state index is 12.5. The van der Waals surface area contributed by atoms with Crippen molar-refractivity contribution in [1.82, 2.24) is 15.8 Å². The van der Waals surface area contributed by atoms with E-state index in [1.165, 1.54) is 11.0 Å². The first-order valence-electron chi connectivity index (χ1n) is 8.76. The monoisotopic (exact) mass is 457 g/mol. The van der Waals surface area contributed by atoms with Crippen LogP contribution < -0.4 is 10.9 Å². The number of rotatable bonds is 5. The Labute approximate surface area is 187 Å². The van der Waals surface area contributed by atoms with Crippen LogP contribution in [0, 0.1) is 0 Å². The van der Waals surface area contributed by atoms with Crippen LogP contribution in [0.15, 0.2) is 71.7 Å². The van der Waals surface area contributed by atoms with Crippen molar-refractivity contribution in [2.24, 2.45) is 0 Å². The van der Waals surface area contributed by atoms with Crippen molar-refractivity contribution in [3.63, 3.8) is 0 Å². The first kappa shape index (κ1) is 21.8. The summed E-state index contributed by atoms with van der Waals surface area (Å²) in [4.78, 5) is 38.4. The lowest BCUT2D eigenvalue weighted by atomic mass is 10.2. The average molecular weight is 458 g/mol. The van der Waals surface area contributed by atoms with Gasteiger partial charge in [0.15, 0.2) is 0 Å². The van der Waals surface area contributed by atoms with Gasteiger partial charge >= 0.3 is 0 Å². The van der Waals surface area contributed by atoms with E-state index in [1.807, 2.05) is 36.4 Å². The molecule has 0 spiro atoms. The second kappa shape index (κ2) is 10.2. The Morgan fingerprint density at radius 2 is 1.77 bits per heavy atom. The molecule has 0 bridgehead atoms. The third kappa shape index (κ3) is 5.56. The molecule has 1 fully saturated rings. The standard InChI is InChI=1S/C21H16ClN3O3S2/c22-16-11-5-4-10-15(16)19(27)24-23-18(26)13-25-20(28)17(30-21(25)29)12-6-9-14-7-2-1-3-8-14/h1-12H,13H2,(H,23,26)(H,24,27)/b9-6+,17-12-. The Morgan fingerprint density at radius 3 is 2.50 bits per heavy atom. The first-order valence-corrected chi connectivity index (χ1v) is 10.4. The van der Waals surface area contributed by atoms with Gasteiger partial charge in [-0.15, -0.1) is 0 Å². The molecule has 1 aliphatic heterocycles. The number of hydrogen-bond donors (Lipinski definition) is 2. The molecule has 0 radical (unpaired) electrons. The van der Waals surface area contributed by atoms with Gasteiger partial charge in [-0.1, -0.05) is 90.2 Å². The van der Waals surface area contributed by atoms with Crippen LogP contribution in [0.3, 0.4) is 0 Å². The van der Waals surface area contributed by atoms with E-state index in [4.69, 9.17) is 23.8 Å². The molecule has 0 aliphatic carbocycles. The highest BCUT2D eigenvalue weighted by Gasteiger charge is 2.33. The number of thiocarbonyl (C=S) groups is 1. The largest absolute Gasteiger partial charge is 0.283 e. The molecular weight excluding hydrogens is 442 g/mol. The van der Waals surface area contributed by atoms with E-state index in [0.717, 1.165) is 17.3 Å². The highest BCUT2D eigenvalue weighted by molar-refractivity contribution is 8.26. The van der Waals surface area contributed by atoms with Gasteiger partial charge in [0.2, 0.25) is 0 Å². The predicted molar refractivity (Wildman–Crippen MR) is 123 cm³/mol. The topological polar surface area (TPSA) is 78.5 Å². The maximum Gasteiger partial charge on any atom is 0.271 e. The van der Waals surface area contributed by atoms with Crippen LogP contribution in [-0.2, 0) is 9.59 Å². The SMILES string of the molecule is O=C(CN1C(=O)/C(=C/C=C/c2ccccc2)SC1=S)NNC(=O)c1ccccc1Cl. The van der Waals surface area contributed by atoms with Crippen molar-refractivity contribution in [2.45, 2.75) is 0 Å². The number of amides is 3. The molecular formula is C21H16ClN3O3S2. The zero-order chi connectivity index (χ0) is 21.5. The molecule has 6 nitrogen and oxygen atoms in total. The lowest BCUT2D eigenvalue weighted by molar-refractivity contribution is -0.129. The van der Waals surface area contributed by atoms with Crippen molar-refractivity contribution in [1.29, 1.82) is 0 Å². The molecule has 30 heavy (non-hydrogen) atoms. The smallest absolute Gasteiger partial charge is 0.271 e.